The number of pyridine rings is 2. The third kappa shape index (κ3) is 6.00. The van der Waals surface area contributed by atoms with E-state index in [-0.39, 0.29) is 5.41 Å². The molecule has 0 saturated heterocycles. The highest BCUT2D eigenvalue weighted by Gasteiger charge is 2.36. The average molecular weight is 737 g/mol. The molecular weight excluding hydrogens is 693 g/mol. The molecule has 0 spiro atoms. The van der Waals surface area contributed by atoms with Gasteiger partial charge in [-0.25, -0.2) is 0 Å². The van der Waals surface area contributed by atoms with Crippen LogP contribution in [0.1, 0.15) is 44.5 Å². The molecule has 4 nitrogen and oxygen atoms in total. The van der Waals surface area contributed by atoms with E-state index in [9.17, 15) is 0 Å². The van der Waals surface area contributed by atoms with Crippen molar-refractivity contribution in [1.82, 2.24) is 14.5 Å². The predicted octanol–water partition coefficient (Wildman–Crippen LogP) is 13.9. The van der Waals surface area contributed by atoms with Crippen LogP contribution in [0.25, 0.3) is 61.1 Å². The number of para-hydroxylation sites is 1. The highest BCUT2D eigenvalue weighted by atomic mass is 15.1. The van der Waals surface area contributed by atoms with Gasteiger partial charge in [-0.3, -0.25) is 9.97 Å². The van der Waals surface area contributed by atoms with Crippen LogP contribution in [0, 0.1) is 5.92 Å². The summed E-state index contributed by atoms with van der Waals surface area (Å²) < 4.78 is 2.44. The Kier molecular flexibility index (Phi) is 8.37. The summed E-state index contributed by atoms with van der Waals surface area (Å²) in [6, 6.07) is 61.6. The normalized spacial score (nSPS) is 12.9. The molecule has 0 saturated carbocycles. The van der Waals surface area contributed by atoms with Crippen molar-refractivity contribution in [3.05, 3.63) is 193 Å². The second kappa shape index (κ2) is 13.8. The van der Waals surface area contributed by atoms with E-state index in [2.05, 4.69) is 195 Å². The molecule has 1 aliphatic carbocycles. The molecule has 10 rings (SSSR count). The minimum absolute atomic E-state index is 0.104. The van der Waals surface area contributed by atoms with Crippen molar-refractivity contribution in [2.24, 2.45) is 5.92 Å². The lowest BCUT2D eigenvalue weighted by molar-refractivity contribution is 0.636. The van der Waals surface area contributed by atoms with Crippen molar-refractivity contribution in [1.29, 1.82) is 0 Å². The quantitative estimate of drug-likeness (QED) is 0.156. The van der Waals surface area contributed by atoms with E-state index in [0.717, 1.165) is 57.4 Å². The Balaban J connectivity index is 1.21. The Hall–Kier alpha value is -6.78. The van der Waals surface area contributed by atoms with Gasteiger partial charge in [0.2, 0.25) is 0 Å². The minimum atomic E-state index is -0.104. The fourth-order valence-corrected chi connectivity index (χ4v) is 8.96. The number of anilines is 3. The van der Waals surface area contributed by atoms with E-state index in [1.807, 2.05) is 18.3 Å². The van der Waals surface area contributed by atoms with Crippen LogP contribution in [-0.2, 0) is 11.8 Å². The molecule has 9 aromatic rings. The number of rotatable bonds is 8. The predicted molar refractivity (Wildman–Crippen MR) is 238 cm³/mol. The van der Waals surface area contributed by atoms with Crippen molar-refractivity contribution < 1.29 is 0 Å². The summed E-state index contributed by atoms with van der Waals surface area (Å²) in [6.07, 6.45) is 2.80. The fraction of sp³-hybridized carbons (Fsp3) is 0.132. The molecule has 4 heteroatoms. The summed E-state index contributed by atoms with van der Waals surface area (Å²) in [4.78, 5) is 12.2. The van der Waals surface area contributed by atoms with Gasteiger partial charge >= 0.3 is 0 Å². The highest BCUT2D eigenvalue weighted by Crippen LogP contribution is 2.51. The second-order valence-corrected chi connectivity index (χ2v) is 16.2. The lowest BCUT2D eigenvalue weighted by Crippen LogP contribution is -2.14. The molecule has 0 bridgehead atoms. The van der Waals surface area contributed by atoms with E-state index >= 15 is 0 Å². The first-order valence-electron chi connectivity index (χ1n) is 20.0. The first-order valence-corrected chi connectivity index (χ1v) is 20.0. The number of hydrogen-bond donors (Lipinski definition) is 0. The van der Waals surface area contributed by atoms with Crippen LogP contribution in [0.5, 0.6) is 0 Å². The molecule has 276 valence electrons. The van der Waals surface area contributed by atoms with Gasteiger partial charge in [0.15, 0.2) is 0 Å². The number of benzene rings is 6. The van der Waals surface area contributed by atoms with Gasteiger partial charge in [0.05, 0.1) is 22.4 Å². The summed E-state index contributed by atoms with van der Waals surface area (Å²) in [7, 11) is 0. The molecule has 3 aromatic heterocycles. The lowest BCUT2D eigenvalue weighted by Gasteiger charge is -2.26. The topological polar surface area (TPSA) is 34.0 Å². The van der Waals surface area contributed by atoms with Crippen LogP contribution < -0.4 is 4.90 Å². The second-order valence-electron chi connectivity index (χ2n) is 16.2. The van der Waals surface area contributed by atoms with E-state index in [0.29, 0.717) is 5.92 Å². The zero-order chi connectivity index (χ0) is 38.7. The Morgan fingerprint density at radius 2 is 1.21 bits per heavy atom. The smallest absolute Gasteiger partial charge is 0.0706 e. The summed E-state index contributed by atoms with van der Waals surface area (Å²) in [5, 5.41) is 2.45. The van der Waals surface area contributed by atoms with E-state index in [1.54, 1.807) is 0 Å². The number of fused-ring (bicyclic) bond motifs is 6. The molecule has 3 heterocycles. The zero-order valence-electron chi connectivity index (χ0n) is 32.8. The molecule has 0 unspecified atom stereocenters. The monoisotopic (exact) mass is 736 g/mol. The Bertz CT molecular complexity index is 2940. The van der Waals surface area contributed by atoms with Crippen molar-refractivity contribution in [3.8, 4) is 39.3 Å². The Labute approximate surface area is 334 Å². The summed E-state index contributed by atoms with van der Waals surface area (Å²) >= 11 is 0. The molecule has 0 aliphatic heterocycles. The van der Waals surface area contributed by atoms with Gasteiger partial charge < -0.3 is 9.47 Å². The van der Waals surface area contributed by atoms with Crippen molar-refractivity contribution in [3.63, 3.8) is 0 Å². The molecule has 6 aromatic carbocycles. The molecule has 0 N–H and O–H groups in total. The van der Waals surface area contributed by atoms with Gasteiger partial charge in [0.1, 0.15) is 0 Å². The first-order chi connectivity index (χ1) is 27.8. The van der Waals surface area contributed by atoms with Gasteiger partial charge in [-0.15, -0.1) is 0 Å². The maximum Gasteiger partial charge on any atom is 0.0706 e. The zero-order valence-corrected chi connectivity index (χ0v) is 32.8. The molecular formula is C53H44N4. The van der Waals surface area contributed by atoms with Crippen LogP contribution in [0.3, 0.4) is 0 Å². The summed E-state index contributed by atoms with van der Waals surface area (Å²) in [5.41, 5.74) is 17.2. The molecule has 0 amide bonds. The average Bonchev–Trinajstić information content (AvgIpc) is 3.68. The van der Waals surface area contributed by atoms with Crippen LogP contribution in [0.2, 0.25) is 0 Å². The summed E-state index contributed by atoms with van der Waals surface area (Å²) in [5.74, 6) is 0.533. The SMILES string of the molecule is CC(C)Cc1cccc(-c2cccc(N(c3cccc(-c4ccccn4)c3)c3ccc4c(c3)c3cc5c(cc3n4-c3ccccc3)C(C)(C)c3ccccc3-5)c2)n1. The largest absolute Gasteiger partial charge is 0.310 e. The van der Waals surface area contributed by atoms with Crippen molar-refractivity contribution in [2.75, 3.05) is 4.90 Å². The minimum Gasteiger partial charge on any atom is -0.310 e. The molecule has 57 heavy (non-hydrogen) atoms. The van der Waals surface area contributed by atoms with E-state index in [1.165, 1.54) is 44.1 Å². The molecule has 1 aliphatic rings. The fourth-order valence-electron chi connectivity index (χ4n) is 8.96. The summed E-state index contributed by atoms with van der Waals surface area (Å²) in [6.45, 7) is 9.20. The first kappa shape index (κ1) is 34.7. The molecule has 0 radical (unpaired) electrons. The maximum absolute atomic E-state index is 5.11. The highest BCUT2D eigenvalue weighted by molar-refractivity contribution is 6.13. The van der Waals surface area contributed by atoms with Crippen LogP contribution >= 0.6 is 0 Å². The Morgan fingerprint density at radius 1 is 0.544 bits per heavy atom. The van der Waals surface area contributed by atoms with Gasteiger partial charge in [-0.1, -0.05) is 107 Å². The number of nitrogens with zero attached hydrogens (tertiary/aromatic N) is 4. The number of hydrogen-bond acceptors (Lipinski definition) is 3. The third-order valence-electron chi connectivity index (χ3n) is 11.6. The van der Waals surface area contributed by atoms with E-state index in [4.69, 9.17) is 9.97 Å². The van der Waals surface area contributed by atoms with Crippen LogP contribution in [0.15, 0.2) is 176 Å². The van der Waals surface area contributed by atoms with Gasteiger partial charge in [-0.2, -0.15) is 0 Å². The maximum atomic E-state index is 5.11. The van der Waals surface area contributed by atoms with Crippen LogP contribution in [0.4, 0.5) is 17.1 Å². The third-order valence-corrected chi connectivity index (χ3v) is 11.6. The molecule has 0 atom stereocenters. The lowest BCUT2D eigenvalue weighted by atomic mass is 9.82. The van der Waals surface area contributed by atoms with E-state index < -0.39 is 0 Å². The molecule has 0 fully saturated rings. The van der Waals surface area contributed by atoms with Crippen LogP contribution in [-0.4, -0.2) is 14.5 Å². The van der Waals surface area contributed by atoms with Gasteiger partial charge in [0.25, 0.3) is 0 Å². The van der Waals surface area contributed by atoms with Crippen molar-refractivity contribution >= 4 is 38.9 Å². The number of aromatic nitrogens is 3. The standard InChI is InChI=1S/C53H44N4/c1-35(2)29-38-17-14-25-50(55-38)37-16-13-21-41(31-37)56(40-20-12-15-36(30-40)49-24-10-11-28-54-49)42-26-27-51-45(32-42)46-33-44-43-22-8-9-23-47(43)53(3,4)48(44)34-52(46)57(51)39-18-6-5-7-19-39/h5-28,30-35H,29H2,1-4H3. The van der Waals surface area contributed by atoms with Crippen molar-refractivity contribution in [2.45, 2.75) is 39.5 Å². The van der Waals surface area contributed by atoms with Gasteiger partial charge in [-0.05, 0) is 126 Å². The Morgan fingerprint density at radius 3 is 1.96 bits per heavy atom. The van der Waals surface area contributed by atoms with Gasteiger partial charge in [0, 0.05) is 62.0 Å².